The van der Waals surface area contributed by atoms with Crippen molar-refractivity contribution in [2.24, 2.45) is 0 Å². The van der Waals surface area contributed by atoms with Crippen LogP contribution in [0.25, 0.3) is 5.57 Å². The Hall–Kier alpha value is -2.49. The summed E-state index contributed by atoms with van der Waals surface area (Å²) in [7, 11) is 0. The highest BCUT2D eigenvalue weighted by Gasteiger charge is 2.10. The summed E-state index contributed by atoms with van der Waals surface area (Å²) in [5.41, 5.74) is 2.26. The Morgan fingerprint density at radius 2 is 1.36 bits per heavy atom. The number of halogens is 2. The fourth-order valence-electron chi connectivity index (χ4n) is 2.15. The summed E-state index contributed by atoms with van der Waals surface area (Å²) in [5, 5.41) is 0. The second-order valence-electron chi connectivity index (χ2n) is 4.91. The molecule has 0 heterocycles. The monoisotopic (exact) mass is 302 g/mol. The highest BCUT2D eigenvalue weighted by molar-refractivity contribution is 5.80. The molecule has 2 aromatic rings. The van der Waals surface area contributed by atoms with Gasteiger partial charge in [-0.25, -0.2) is 8.78 Å². The zero-order valence-electron chi connectivity index (χ0n) is 12.3. The fraction of sp³-hybridized carbons (Fsp3) is 0.167. The largest absolute Gasteiger partial charge is 0.459 e. The Labute approximate surface area is 128 Å². The van der Waals surface area contributed by atoms with Gasteiger partial charge in [0.25, 0.3) is 0 Å². The van der Waals surface area contributed by atoms with E-state index in [1.807, 2.05) is 0 Å². The Morgan fingerprint density at radius 1 is 0.955 bits per heavy atom. The third-order valence-electron chi connectivity index (χ3n) is 3.06. The minimum Gasteiger partial charge on any atom is -0.459 e. The van der Waals surface area contributed by atoms with Crippen molar-refractivity contribution in [3.8, 4) is 0 Å². The normalized spacial score (nSPS) is 11.6. The van der Waals surface area contributed by atoms with Gasteiger partial charge in [0, 0.05) is 6.92 Å². The van der Waals surface area contributed by atoms with E-state index in [0.29, 0.717) is 0 Å². The van der Waals surface area contributed by atoms with Crippen LogP contribution in [0.15, 0.2) is 54.6 Å². The van der Waals surface area contributed by atoms with Crippen LogP contribution in [-0.4, -0.2) is 12.1 Å². The molecule has 2 nitrogen and oxygen atoms in total. The lowest BCUT2D eigenvalue weighted by Gasteiger charge is -2.13. The number of benzene rings is 2. The van der Waals surface area contributed by atoms with Crippen LogP contribution in [0.3, 0.4) is 0 Å². The smallest absolute Gasteiger partial charge is 0.303 e. The van der Waals surface area contributed by atoms with Crippen molar-refractivity contribution in [3.63, 3.8) is 0 Å². The molecule has 0 amide bonds. The van der Waals surface area contributed by atoms with Crippen LogP contribution >= 0.6 is 0 Å². The van der Waals surface area contributed by atoms with E-state index in [1.165, 1.54) is 31.2 Å². The van der Waals surface area contributed by atoms with Gasteiger partial charge in [0.1, 0.15) is 17.7 Å². The van der Waals surface area contributed by atoms with E-state index in [4.69, 9.17) is 4.74 Å². The third-order valence-corrected chi connectivity index (χ3v) is 3.06. The summed E-state index contributed by atoms with van der Waals surface area (Å²) < 4.78 is 31.3. The van der Waals surface area contributed by atoms with E-state index >= 15 is 0 Å². The minimum absolute atomic E-state index is 0.338. The predicted molar refractivity (Wildman–Crippen MR) is 81.1 cm³/mol. The predicted octanol–water partition coefficient (Wildman–Crippen LogP) is 4.35. The highest BCUT2D eigenvalue weighted by Crippen LogP contribution is 2.25. The summed E-state index contributed by atoms with van der Waals surface area (Å²) in [6, 6.07) is 11.9. The van der Waals surface area contributed by atoms with Crippen LogP contribution in [-0.2, 0) is 9.53 Å². The summed E-state index contributed by atoms with van der Waals surface area (Å²) in [6.45, 7) is 3.06. The van der Waals surface area contributed by atoms with Crippen LogP contribution in [0, 0.1) is 11.6 Å². The lowest BCUT2D eigenvalue weighted by Crippen LogP contribution is -2.10. The lowest BCUT2D eigenvalue weighted by molar-refractivity contribution is -0.143. The Morgan fingerprint density at radius 3 is 1.73 bits per heavy atom. The van der Waals surface area contributed by atoms with Gasteiger partial charge < -0.3 is 4.74 Å². The molecule has 0 aromatic heterocycles. The molecule has 0 saturated carbocycles. The number of rotatable bonds is 4. The Bertz CT molecular complexity index is 626. The van der Waals surface area contributed by atoms with E-state index < -0.39 is 6.10 Å². The summed E-state index contributed by atoms with van der Waals surface area (Å²) in [6.07, 6.45) is 1.30. The molecule has 0 unspecified atom stereocenters. The van der Waals surface area contributed by atoms with Gasteiger partial charge in [0.2, 0.25) is 0 Å². The maximum atomic E-state index is 13.1. The van der Waals surface area contributed by atoms with Gasteiger partial charge in [0.05, 0.1) is 0 Å². The molecule has 2 aromatic carbocycles. The third kappa shape index (κ3) is 4.25. The fourth-order valence-corrected chi connectivity index (χ4v) is 2.15. The van der Waals surface area contributed by atoms with E-state index in [9.17, 15) is 13.6 Å². The van der Waals surface area contributed by atoms with Gasteiger partial charge in [0.15, 0.2) is 0 Å². The first kappa shape index (κ1) is 15.9. The number of esters is 1. The molecule has 0 spiro atoms. The molecule has 0 aliphatic rings. The first-order valence-electron chi connectivity index (χ1n) is 6.86. The zero-order valence-corrected chi connectivity index (χ0v) is 12.3. The Balaban J connectivity index is 2.44. The molecule has 0 aliphatic heterocycles. The molecular formula is C18H16F2O2. The number of carbonyl (C=O) groups excluding carboxylic acids is 1. The maximum Gasteiger partial charge on any atom is 0.303 e. The Kier molecular flexibility index (Phi) is 5.04. The average molecular weight is 302 g/mol. The molecule has 0 radical (unpaired) electrons. The van der Waals surface area contributed by atoms with Crippen LogP contribution in [0.4, 0.5) is 8.78 Å². The molecular weight excluding hydrogens is 286 g/mol. The van der Waals surface area contributed by atoms with Crippen molar-refractivity contribution in [3.05, 3.63) is 77.4 Å². The number of ether oxygens (including phenoxy) is 1. The second kappa shape index (κ2) is 6.98. The van der Waals surface area contributed by atoms with E-state index in [-0.39, 0.29) is 17.6 Å². The molecule has 1 atom stereocenters. The molecule has 0 bridgehead atoms. The van der Waals surface area contributed by atoms with Crippen molar-refractivity contribution in [2.45, 2.75) is 20.0 Å². The first-order valence-corrected chi connectivity index (χ1v) is 6.86. The van der Waals surface area contributed by atoms with Crippen molar-refractivity contribution < 1.29 is 18.3 Å². The summed E-state index contributed by atoms with van der Waals surface area (Å²) in [5.74, 6) is -1.06. The zero-order chi connectivity index (χ0) is 16.1. The molecule has 4 heteroatoms. The average Bonchev–Trinajstić information content (AvgIpc) is 2.46. The molecule has 0 fully saturated rings. The molecule has 114 valence electrons. The SMILES string of the molecule is CC(=O)O[C@H](C)C=C(c1ccc(F)cc1)c1ccc(F)cc1. The van der Waals surface area contributed by atoms with Gasteiger partial charge in [-0.1, -0.05) is 24.3 Å². The van der Waals surface area contributed by atoms with Crippen LogP contribution in [0.2, 0.25) is 0 Å². The number of carbonyl (C=O) groups is 1. The number of hydrogen-bond acceptors (Lipinski definition) is 2. The second-order valence-corrected chi connectivity index (χ2v) is 4.91. The summed E-state index contributed by atoms with van der Waals surface area (Å²) in [4.78, 5) is 11.0. The van der Waals surface area contributed by atoms with E-state index in [2.05, 4.69) is 0 Å². The van der Waals surface area contributed by atoms with Crippen LogP contribution < -0.4 is 0 Å². The molecule has 22 heavy (non-hydrogen) atoms. The van der Waals surface area contributed by atoms with Gasteiger partial charge in [-0.2, -0.15) is 0 Å². The van der Waals surface area contributed by atoms with E-state index in [1.54, 1.807) is 37.3 Å². The van der Waals surface area contributed by atoms with Crippen molar-refractivity contribution in [1.82, 2.24) is 0 Å². The molecule has 0 N–H and O–H groups in total. The van der Waals surface area contributed by atoms with Crippen LogP contribution in [0.5, 0.6) is 0 Å². The highest BCUT2D eigenvalue weighted by atomic mass is 19.1. The quantitative estimate of drug-likeness (QED) is 0.785. The first-order chi connectivity index (χ1) is 10.5. The topological polar surface area (TPSA) is 26.3 Å². The van der Waals surface area contributed by atoms with Crippen molar-refractivity contribution in [1.29, 1.82) is 0 Å². The minimum atomic E-state index is -0.456. The van der Waals surface area contributed by atoms with Crippen molar-refractivity contribution >= 4 is 11.5 Å². The van der Waals surface area contributed by atoms with E-state index in [0.717, 1.165) is 16.7 Å². The number of hydrogen-bond donors (Lipinski definition) is 0. The van der Waals surface area contributed by atoms with Gasteiger partial charge in [-0.3, -0.25) is 4.79 Å². The molecule has 0 saturated heterocycles. The lowest BCUT2D eigenvalue weighted by atomic mass is 9.96. The summed E-state index contributed by atoms with van der Waals surface area (Å²) >= 11 is 0. The standard InChI is InChI=1S/C18H16F2O2/c1-12(22-13(2)21)11-18(14-3-7-16(19)8-4-14)15-5-9-17(20)10-6-15/h3-12H,1-2H3/t12-/m1/s1. The van der Waals surface area contributed by atoms with Gasteiger partial charge in [-0.05, 0) is 54.0 Å². The van der Waals surface area contributed by atoms with Crippen LogP contribution in [0.1, 0.15) is 25.0 Å². The molecule has 2 rings (SSSR count). The van der Waals surface area contributed by atoms with Gasteiger partial charge >= 0.3 is 5.97 Å². The maximum absolute atomic E-state index is 13.1. The molecule has 0 aliphatic carbocycles. The van der Waals surface area contributed by atoms with Crippen molar-refractivity contribution in [2.75, 3.05) is 0 Å². The van der Waals surface area contributed by atoms with Gasteiger partial charge in [-0.15, -0.1) is 0 Å².